The number of anilines is 1. The molecule has 0 bridgehead atoms. The predicted octanol–water partition coefficient (Wildman–Crippen LogP) is 8.00. The minimum atomic E-state index is -1.12. The van der Waals surface area contributed by atoms with Crippen LogP contribution in [0, 0.1) is 11.2 Å². The second-order valence-electron chi connectivity index (χ2n) is 10.3. The molecule has 0 atom stereocenters. The number of carbonyl (C=O) groups excluding carboxylic acids is 1. The highest BCUT2D eigenvalue weighted by Gasteiger charge is 2.21. The zero-order valence-electron chi connectivity index (χ0n) is 22.9. The van der Waals surface area contributed by atoms with Crippen LogP contribution in [0.3, 0.4) is 0 Å². The highest BCUT2D eigenvalue weighted by molar-refractivity contribution is 7.18. The van der Waals surface area contributed by atoms with E-state index in [1.165, 1.54) is 32.2 Å². The Morgan fingerprint density at radius 1 is 1.20 bits per heavy atom. The maximum Gasteiger partial charge on any atom is 0.331 e. The van der Waals surface area contributed by atoms with Gasteiger partial charge in [0.1, 0.15) is 11.5 Å². The van der Waals surface area contributed by atoms with Crippen molar-refractivity contribution < 1.29 is 28.6 Å². The van der Waals surface area contributed by atoms with Crippen LogP contribution >= 0.6 is 34.5 Å². The normalized spacial score (nSPS) is 11.9. The molecule has 11 heteroatoms. The number of thiazole rings is 1. The number of benzene rings is 2. The molecule has 0 saturated heterocycles. The van der Waals surface area contributed by atoms with Crippen LogP contribution in [-0.4, -0.2) is 42.3 Å². The van der Waals surface area contributed by atoms with Crippen LogP contribution in [-0.2, 0) is 16.0 Å². The molecule has 0 unspecified atom stereocenters. The summed E-state index contributed by atoms with van der Waals surface area (Å²) in [5, 5.41) is 12.5. The first-order chi connectivity index (χ1) is 18.8. The van der Waals surface area contributed by atoms with E-state index in [1.54, 1.807) is 18.2 Å². The van der Waals surface area contributed by atoms with Crippen molar-refractivity contribution in [2.75, 3.05) is 25.6 Å². The van der Waals surface area contributed by atoms with Crippen molar-refractivity contribution in [1.82, 2.24) is 4.98 Å². The first kappa shape index (κ1) is 31.5. The van der Waals surface area contributed by atoms with E-state index in [9.17, 15) is 9.59 Å². The molecule has 1 amide bonds. The lowest BCUT2D eigenvalue weighted by atomic mass is 9.99. The van der Waals surface area contributed by atoms with Gasteiger partial charge in [-0.1, -0.05) is 67.4 Å². The summed E-state index contributed by atoms with van der Waals surface area (Å²) in [6, 6.07) is 7.86. The monoisotopic (exact) mass is 608 g/mol. The Balaban J connectivity index is 1.79. The Morgan fingerprint density at radius 2 is 1.88 bits per heavy atom. The number of aromatic nitrogens is 1. The van der Waals surface area contributed by atoms with Crippen LogP contribution < -0.4 is 10.1 Å². The number of carbonyl (C=O) groups is 2. The minimum Gasteiger partial charge on any atom is -0.486 e. The number of halogens is 3. The molecule has 1 heterocycles. The van der Waals surface area contributed by atoms with Crippen molar-refractivity contribution in [3.63, 3.8) is 0 Å². The number of rotatable bonds is 11. The highest BCUT2D eigenvalue weighted by atomic mass is 35.5. The summed E-state index contributed by atoms with van der Waals surface area (Å²) < 4.78 is 26.6. The number of nitrogens with zero attached hydrogens (tertiary/aromatic N) is 1. The summed E-state index contributed by atoms with van der Waals surface area (Å²) >= 11 is 13.6. The fraction of sp³-hybridized carbons (Fsp3) is 0.345. The smallest absolute Gasteiger partial charge is 0.331 e. The number of amides is 1. The first-order valence-corrected chi connectivity index (χ1v) is 14.0. The molecule has 40 heavy (non-hydrogen) atoms. The largest absolute Gasteiger partial charge is 0.486 e. The van der Waals surface area contributed by atoms with Crippen molar-refractivity contribution >= 4 is 57.6 Å². The highest BCUT2D eigenvalue weighted by Crippen LogP contribution is 2.40. The van der Waals surface area contributed by atoms with Crippen molar-refractivity contribution in [2.45, 2.75) is 40.5 Å². The average molecular weight is 610 g/mol. The molecular formula is C29H31Cl2FN2O5S. The van der Waals surface area contributed by atoms with Crippen LogP contribution in [0.2, 0.25) is 10.0 Å². The van der Waals surface area contributed by atoms with Crippen LogP contribution in [0.5, 0.6) is 5.06 Å². The van der Waals surface area contributed by atoms with Gasteiger partial charge in [-0.2, -0.15) is 0 Å². The third kappa shape index (κ3) is 8.27. The summed E-state index contributed by atoms with van der Waals surface area (Å²) in [7, 11) is 1.45. The number of aryl methyl sites for hydroxylation is 1. The lowest BCUT2D eigenvalue weighted by Crippen LogP contribution is -2.15. The number of carboxylic acid groups (broad SMARTS) is 1. The van der Waals surface area contributed by atoms with Gasteiger partial charge in [0.2, 0.25) is 5.06 Å². The van der Waals surface area contributed by atoms with Gasteiger partial charge < -0.3 is 14.6 Å². The van der Waals surface area contributed by atoms with E-state index in [0.29, 0.717) is 36.7 Å². The molecule has 3 rings (SSSR count). The van der Waals surface area contributed by atoms with Gasteiger partial charge >= 0.3 is 5.97 Å². The van der Waals surface area contributed by atoms with Crippen LogP contribution in [0.15, 0.2) is 35.9 Å². The molecule has 1 aromatic heterocycles. The van der Waals surface area contributed by atoms with Gasteiger partial charge in [0, 0.05) is 28.9 Å². The fourth-order valence-corrected chi connectivity index (χ4v) is 5.06. The topological polar surface area (TPSA) is 97.8 Å². The number of methoxy groups -OCH3 is 1. The third-order valence-corrected chi connectivity index (χ3v) is 7.20. The summed E-state index contributed by atoms with van der Waals surface area (Å²) in [5.74, 6) is -2.07. The maximum absolute atomic E-state index is 15.5. The molecule has 2 N–H and O–H groups in total. The Labute approximate surface area is 246 Å². The van der Waals surface area contributed by atoms with Crippen molar-refractivity contribution in [3.8, 4) is 16.3 Å². The van der Waals surface area contributed by atoms with E-state index in [-0.39, 0.29) is 48.5 Å². The van der Waals surface area contributed by atoms with Gasteiger partial charge in [0.25, 0.3) is 5.91 Å². The summed E-state index contributed by atoms with van der Waals surface area (Å²) in [4.78, 5) is 28.5. The molecule has 214 valence electrons. The molecule has 0 aliphatic heterocycles. The molecule has 0 fully saturated rings. The number of hydrogen-bond donors (Lipinski definition) is 2. The lowest BCUT2D eigenvalue weighted by Gasteiger charge is -2.18. The van der Waals surface area contributed by atoms with E-state index in [0.717, 1.165) is 11.3 Å². The zero-order valence-corrected chi connectivity index (χ0v) is 25.2. The number of hydrogen-bond acceptors (Lipinski definition) is 6. The minimum absolute atomic E-state index is 0.0357. The summed E-state index contributed by atoms with van der Waals surface area (Å²) in [5.41, 5.74) is 1.60. The fourth-order valence-electron chi connectivity index (χ4n) is 3.67. The van der Waals surface area contributed by atoms with E-state index in [2.05, 4.69) is 31.1 Å². The van der Waals surface area contributed by atoms with Crippen LogP contribution in [0.25, 0.3) is 17.3 Å². The van der Waals surface area contributed by atoms with E-state index < -0.39 is 17.7 Å². The Kier molecular flexibility index (Phi) is 10.7. The summed E-state index contributed by atoms with van der Waals surface area (Å²) in [6.07, 6.45) is 2.49. The molecule has 3 aromatic rings. The standard InChI is InChI=1S/C29H31Cl2FN2O5S/c1-16(26(36)37)12-20-21(30)13-18(14-22(20)31)25(35)34-28-33-24(27(38-5)40-28)19-10-6-8-17(23(19)32)9-7-11-39-15-29(2,3)4/h6,8,10,12-14H,7,9,11,15H2,1-5H3,(H,36,37)(H,33,34,35)/b16-12+. The van der Waals surface area contributed by atoms with E-state index in [4.69, 9.17) is 37.8 Å². The molecule has 2 aromatic carbocycles. The maximum atomic E-state index is 15.5. The number of carboxylic acids is 1. The number of aliphatic carboxylic acids is 1. The quantitative estimate of drug-likeness (QED) is 0.169. The Bertz CT molecular complexity index is 1410. The van der Waals surface area contributed by atoms with Gasteiger partial charge in [-0.25, -0.2) is 14.2 Å². The average Bonchev–Trinajstić information content (AvgIpc) is 3.28. The Hall–Kier alpha value is -2.98. The van der Waals surface area contributed by atoms with Gasteiger partial charge in [-0.15, -0.1) is 0 Å². The molecule has 0 aliphatic rings. The first-order valence-electron chi connectivity index (χ1n) is 12.4. The van der Waals surface area contributed by atoms with Gasteiger partial charge in [0.15, 0.2) is 5.13 Å². The third-order valence-electron chi connectivity index (χ3n) is 5.65. The number of nitrogens with one attached hydrogen (secondary N) is 1. The van der Waals surface area contributed by atoms with Crippen molar-refractivity contribution in [1.29, 1.82) is 0 Å². The van der Waals surface area contributed by atoms with Crippen LogP contribution in [0.4, 0.5) is 9.52 Å². The second kappa shape index (κ2) is 13.6. The summed E-state index contributed by atoms with van der Waals surface area (Å²) in [6.45, 7) is 8.85. The zero-order chi connectivity index (χ0) is 29.6. The predicted molar refractivity (Wildman–Crippen MR) is 158 cm³/mol. The van der Waals surface area contributed by atoms with E-state index in [1.807, 2.05) is 0 Å². The van der Waals surface area contributed by atoms with Crippen molar-refractivity contribution in [2.24, 2.45) is 5.41 Å². The molecular weight excluding hydrogens is 578 g/mol. The molecule has 0 aliphatic carbocycles. The van der Waals surface area contributed by atoms with Gasteiger partial charge in [0.05, 0.1) is 23.8 Å². The Morgan fingerprint density at radius 3 is 2.48 bits per heavy atom. The van der Waals surface area contributed by atoms with Crippen LogP contribution in [0.1, 0.15) is 55.6 Å². The molecule has 0 spiro atoms. The number of ether oxygens (including phenoxy) is 2. The molecule has 0 radical (unpaired) electrons. The van der Waals surface area contributed by atoms with Gasteiger partial charge in [-0.05, 0) is 55.0 Å². The second-order valence-corrected chi connectivity index (χ2v) is 12.1. The van der Waals surface area contributed by atoms with Gasteiger partial charge in [-0.3, -0.25) is 10.1 Å². The molecule has 0 saturated carbocycles. The lowest BCUT2D eigenvalue weighted by molar-refractivity contribution is -0.132. The molecule has 7 nitrogen and oxygen atoms in total. The van der Waals surface area contributed by atoms with E-state index >= 15 is 4.39 Å². The SMILES string of the molecule is COc1sc(NC(=O)c2cc(Cl)c(/C=C(\C)C(=O)O)c(Cl)c2)nc1-c1cccc(CCCOCC(C)(C)C)c1F. The van der Waals surface area contributed by atoms with Crippen molar-refractivity contribution in [3.05, 3.63) is 68.5 Å².